The van der Waals surface area contributed by atoms with Crippen LogP contribution >= 0.6 is 11.3 Å². The molecule has 0 aliphatic heterocycles. The number of nitrogens with one attached hydrogen (secondary N) is 1. The molecule has 2 heterocycles. The standard InChI is InChI=1S/C14H8F2N2O3S/c15-10(16)5-18-14(21)9-3-7-11(19)8-4-17-2-1-6(8)12(20)13(7)22-9/h1-4,10H,5H2,(H,18,21). The highest BCUT2D eigenvalue weighted by Gasteiger charge is 2.33. The van der Waals surface area contributed by atoms with E-state index < -0.39 is 24.7 Å². The topological polar surface area (TPSA) is 76.1 Å². The number of hydrogen-bond donors (Lipinski definition) is 1. The highest BCUT2D eigenvalue weighted by molar-refractivity contribution is 7.16. The molecule has 2 aromatic heterocycles. The van der Waals surface area contributed by atoms with Crippen LogP contribution in [0.15, 0.2) is 24.5 Å². The minimum Gasteiger partial charge on any atom is -0.346 e. The Morgan fingerprint density at radius 1 is 1.23 bits per heavy atom. The largest absolute Gasteiger partial charge is 0.346 e. The van der Waals surface area contributed by atoms with Crippen LogP contribution in [0.3, 0.4) is 0 Å². The second-order valence-electron chi connectivity index (χ2n) is 4.53. The number of fused-ring (bicyclic) bond motifs is 2. The fraction of sp³-hybridized carbons (Fsp3) is 0.143. The number of ketones is 2. The van der Waals surface area contributed by atoms with Crippen molar-refractivity contribution in [3.05, 3.63) is 51.0 Å². The van der Waals surface area contributed by atoms with Gasteiger partial charge in [-0.3, -0.25) is 19.4 Å². The third-order valence-electron chi connectivity index (χ3n) is 3.13. The van der Waals surface area contributed by atoms with Crippen molar-refractivity contribution in [2.45, 2.75) is 6.43 Å². The summed E-state index contributed by atoms with van der Waals surface area (Å²) in [6.45, 7) is -0.784. The number of aromatic nitrogens is 1. The fourth-order valence-corrected chi connectivity index (χ4v) is 3.16. The second-order valence-corrected chi connectivity index (χ2v) is 5.59. The number of rotatable bonds is 3. The third kappa shape index (κ3) is 2.31. The Bertz CT molecular complexity index is 749. The molecule has 2 aromatic rings. The van der Waals surface area contributed by atoms with E-state index >= 15 is 0 Å². The summed E-state index contributed by atoms with van der Waals surface area (Å²) in [5.41, 5.74) is 0.518. The zero-order chi connectivity index (χ0) is 15.9. The average Bonchev–Trinajstić information content (AvgIpc) is 2.96. The van der Waals surface area contributed by atoms with Crippen molar-refractivity contribution in [1.29, 1.82) is 0 Å². The van der Waals surface area contributed by atoms with E-state index in [0.29, 0.717) is 0 Å². The summed E-state index contributed by atoms with van der Waals surface area (Å²) in [7, 11) is 0. The first kappa shape index (κ1) is 14.5. The van der Waals surface area contributed by atoms with Crippen molar-refractivity contribution >= 4 is 28.8 Å². The van der Waals surface area contributed by atoms with E-state index in [9.17, 15) is 23.2 Å². The van der Waals surface area contributed by atoms with E-state index in [4.69, 9.17) is 0 Å². The van der Waals surface area contributed by atoms with Gasteiger partial charge in [-0.05, 0) is 12.1 Å². The van der Waals surface area contributed by atoms with E-state index in [1.807, 2.05) is 5.32 Å². The Kier molecular flexibility index (Phi) is 3.53. The summed E-state index contributed by atoms with van der Waals surface area (Å²) in [6, 6.07) is 2.70. The summed E-state index contributed by atoms with van der Waals surface area (Å²) < 4.78 is 24.2. The number of amides is 1. The van der Waals surface area contributed by atoms with Crippen LogP contribution in [0.4, 0.5) is 8.78 Å². The maximum Gasteiger partial charge on any atom is 0.261 e. The lowest BCUT2D eigenvalue weighted by molar-refractivity contribution is 0.0895. The Morgan fingerprint density at radius 2 is 2.00 bits per heavy atom. The maximum absolute atomic E-state index is 12.3. The van der Waals surface area contributed by atoms with E-state index in [1.165, 1.54) is 24.5 Å². The number of carbonyl (C=O) groups excluding carboxylic acids is 3. The summed E-state index contributed by atoms with van der Waals surface area (Å²) in [5.74, 6) is -1.51. The molecule has 1 aliphatic rings. The zero-order valence-electron chi connectivity index (χ0n) is 10.9. The van der Waals surface area contributed by atoms with Crippen LogP contribution in [-0.2, 0) is 0 Å². The minimum absolute atomic E-state index is 0.0492. The van der Waals surface area contributed by atoms with Gasteiger partial charge in [0.1, 0.15) is 0 Å². The lowest BCUT2D eigenvalue weighted by Crippen LogP contribution is -2.27. The minimum atomic E-state index is -2.67. The van der Waals surface area contributed by atoms with Crippen molar-refractivity contribution in [2.75, 3.05) is 6.54 Å². The normalized spacial score (nSPS) is 13.0. The maximum atomic E-state index is 12.3. The van der Waals surface area contributed by atoms with Crippen molar-refractivity contribution < 1.29 is 23.2 Å². The molecule has 0 atom stereocenters. The molecule has 0 radical (unpaired) electrons. The number of hydrogen-bond acceptors (Lipinski definition) is 5. The molecular weight excluding hydrogens is 314 g/mol. The molecule has 3 rings (SSSR count). The molecule has 1 amide bonds. The first-order chi connectivity index (χ1) is 10.5. The Hall–Kier alpha value is -2.48. The first-order valence-electron chi connectivity index (χ1n) is 6.22. The van der Waals surface area contributed by atoms with E-state index in [1.54, 1.807) is 0 Å². The Labute approximate surface area is 127 Å². The van der Waals surface area contributed by atoms with E-state index in [0.717, 1.165) is 11.3 Å². The smallest absolute Gasteiger partial charge is 0.261 e. The molecule has 8 heteroatoms. The van der Waals surface area contributed by atoms with Crippen LogP contribution in [0, 0.1) is 0 Å². The van der Waals surface area contributed by atoms with Crippen LogP contribution in [-0.4, -0.2) is 35.4 Å². The quantitative estimate of drug-likeness (QED) is 0.799. The molecule has 5 nitrogen and oxygen atoms in total. The lowest BCUT2D eigenvalue weighted by Gasteiger charge is -2.12. The highest BCUT2D eigenvalue weighted by atomic mass is 32.1. The van der Waals surface area contributed by atoms with Crippen LogP contribution in [0.1, 0.15) is 40.8 Å². The van der Waals surface area contributed by atoms with Crippen molar-refractivity contribution in [3.63, 3.8) is 0 Å². The molecule has 22 heavy (non-hydrogen) atoms. The van der Waals surface area contributed by atoms with Crippen LogP contribution in [0.5, 0.6) is 0 Å². The first-order valence-corrected chi connectivity index (χ1v) is 7.04. The lowest BCUT2D eigenvalue weighted by atomic mass is 9.90. The highest BCUT2D eigenvalue weighted by Crippen LogP contribution is 2.32. The molecule has 0 unspecified atom stereocenters. The summed E-state index contributed by atoms with van der Waals surface area (Å²) in [6.07, 6.45) is 0.0307. The third-order valence-corrected chi connectivity index (χ3v) is 4.27. The van der Waals surface area contributed by atoms with Gasteiger partial charge in [0.2, 0.25) is 5.78 Å². The molecule has 0 aromatic carbocycles. The van der Waals surface area contributed by atoms with Crippen molar-refractivity contribution in [2.24, 2.45) is 0 Å². The van der Waals surface area contributed by atoms with E-state index in [2.05, 4.69) is 4.98 Å². The van der Waals surface area contributed by atoms with Crippen LogP contribution in [0.25, 0.3) is 0 Å². The van der Waals surface area contributed by atoms with Gasteiger partial charge in [-0.2, -0.15) is 0 Å². The number of pyridine rings is 1. The Morgan fingerprint density at radius 3 is 2.73 bits per heavy atom. The Balaban J connectivity index is 1.97. The molecule has 0 bridgehead atoms. The number of nitrogens with zero attached hydrogens (tertiary/aromatic N) is 1. The van der Waals surface area contributed by atoms with Crippen molar-refractivity contribution in [1.82, 2.24) is 10.3 Å². The summed E-state index contributed by atoms with van der Waals surface area (Å²) in [5, 5.41) is 2.04. The average molecular weight is 322 g/mol. The van der Waals surface area contributed by atoms with Crippen LogP contribution < -0.4 is 5.32 Å². The van der Waals surface area contributed by atoms with Crippen molar-refractivity contribution in [3.8, 4) is 0 Å². The molecule has 0 saturated carbocycles. The zero-order valence-corrected chi connectivity index (χ0v) is 11.7. The van der Waals surface area contributed by atoms with Gasteiger partial charge in [0.05, 0.1) is 21.9 Å². The summed E-state index contributed by atoms with van der Waals surface area (Å²) >= 11 is 0.823. The van der Waals surface area contributed by atoms with Gasteiger partial charge in [0.15, 0.2) is 5.78 Å². The van der Waals surface area contributed by atoms with Gasteiger partial charge in [-0.25, -0.2) is 8.78 Å². The van der Waals surface area contributed by atoms with Gasteiger partial charge < -0.3 is 5.32 Å². The number of carbonyl (C=O) groups is 3. The monoisotopic (exact) mass is 322 g/mol. The predicted octanol–water partition coefficient (Wildman–Crippen LogP) is 1.91. The van der Waals surface area contributed by atoms with Gasteiger partial charge >= 0.3 is 0 Å². The fourth-order valence-electron chi connectivity index (χ4n) is 2.14. The SMILES string of the molecule is O=C(NCC(F)F)c1cc2c(s1)C(=O)c1ccncc1C2=O. The molecule has 112 valence electrons. The number of thiophene rings is 1. The molecular formula is C14H8F2N2O3S. The summed E-state index contributed by atoms with van der Waals surface area (Å²) in [4.78, 5) is 40.4. The van der Waals surface area contributed by atoms with Gasteiger partial charge in [0, 0.05) is 23.5 Å². The van der Waals surface area contributed by atoms with Gasteiger partial charge in [-0.15, -0.1) is 11.3 Å². The molecule has 1 N–H and O–H groups in total. The van der Waals surface area contributed by atoms with Gasteiger partial charge in [-0.1, -0.05) is 0 Å². The van der Waals surface area contributed by atoms with E-state index in [-0.39, 0.29) is 32.2 Å². The molecule has 0 fully saturated rings. The van der Waals surface area contributed by atoms with Gasteiger partial charge in [0.25, 0.3) is 12.3 Å². The second kappa shape index (κ2) is 5.38. The molecule has 0 saturated heterocycles. The number of halogens is 2. The molecule has 0 spiro atoms. The predicted molar refractivity (Wildman–Crippen MR) is 73.8 cm³/mol. The number of alkyl halides is 2. The van der Waals surface area contributed by atoms with Crippen LogP contribution in [0.2, 0.25) is 0 Å². The molecule has 1 aliphatic carbocycles.